The number of nitrogens with one attached hydrogen (secondary N) is 1. The lowest BCUT2D eigenvalue weighted by molar-refractivity contribution is 0.00357. The maximum Gasteiger partial charge on any atom is 0.428 e. The number of thiophene rings is 1. The fourth-order valence-electron chi connectivity index (χ4n) is 3.59. The molecule has 1 saturated carbocycles. The van der Waals surface area contributed by atoms with E-state index in [4.69, 9.17) is 14.2 Å². The Bertz CT molecular complexity index is 1130. The van der Waals surface area contributed by atoms with E-state index < -0.39 is 11.7 Å². The highest BCUT2D eigenvalue weighted by atomic mass is 32.1. The number of carbonyl (C=O) groups is 1. The van der Waals surface area contributed by atoms with Crippen molar-refractivity contribution in [2.45, 2.75) is 64.8 Å². The van der Waals surface area contributed by atoms with Crippen LogP contribution in [-0.2, 0) is 20.8 Å². The number of amides is 1. The van der Waals surface area contributed by atoms with Gasteiger partial charge in [0.05, 0.1) is 35.7 Å². The number of hydrogen-bond donors (Lipinski definition) is 1. The zero-order valence-electron chi connectivity index (χ0n) is 19.3. The second-order valence-corrected chi connectivity index (χ2v) is 9.76. The van der Waals surface area contributed by atoms with Crippen LogP contribution in [0.25, 0.3) is 10.2 Å². The maximum atomic E-state index is 13.3. The minimum atomic E-state index is -0.676. The van der Waals surface area contributed by atoms with Crippen molar-refractivity contribution < 1.29 is 19.0 Å². The molecule has 1 amide bonds. The average Bonchev–Trinajstić information content (AvgIpc) is 2.98. The molecule has 0 spiro atoms. The van der Waals surface area contributed by atoms with Crippen molar-refractivity contribution in [1.29, 1.82) is 0 Å². The summed E-state index contributed by atoms with van der Waals surface area (Å²) in [7, 11) is 3.19. The second-order valence-electron chi connectivity index (χ2n) is 8.73. The quantitative estimate of drug-likeness (QED) is 0.495. The molecule has 0 saturated heterocycles. The molecule has 3 rings (SSSR count). The monoisotopic (exact) mass is 466 g/mol. The van der Waals surface area contributed by atoms with Crippen molar-refractivity contribution in [3.8, 4) is 0 Å². The van der Waals surface area contributed by atoms with E-state index in [9.17, 15) is 14.4 Å². The standard InChI is InChI=1S/C21H30N4O6S/c1-12-15(11-22-23-19(27)31-21(2,3)4)32-18-16(12)17(26)25(13-9-14(10-13)30-6)20(28)24(18)7-8-29-5/h11,13-14H,7-10H2,1-6H3,(H,23,27)/b22-11+. The number of aromatic nitrogens is 2. The second kappa shape index (κ2) is 9.55. The normalized spacial score (nSPS) is 18.8. The van der Waals surface area contributed by atoms with Crippen molar-refractivity contribution in [2.75, 3.05) is 20.8 Å². The number of hydrogen-bond acceptors (Lipinski definition) is 8. The third-order valence-electron chi connectivity index (χ3n) is 5.30. The van der Waals surface area contributed by atoms with Gasteiger partial charge in [0.15, 0.2) is 0 Å². The molecule has 0 aromatic carbocycles. The molecule has 10 nitrogen and oxygen atoms in total. The number of methoxy groups -OCH3 is 2. The van der Waals surface area contributed by atoms with Crippen LogP contribution in [0.1, 0.15) is 50.1 Å². The van der Waals surface area contributed by atoms with Crippen LogP contribution in [0.2, 0.25) is 0 Å². The summed E-state index contributed by atoms with van der Waals surface area (Å²) in [6.07, 6.45) is 2.09. The Morgan fingerprint density at radius 2 is 1.97 bits per heavy atom. The zero-order valence-corrected chi connectivity index (χ0v) is 20.1. The van der Waals surface area contributed by atoms with Gasteiger partial charge < -0.3 is 14.2 Å². The molecular weight excluding hydrogens is 436 g/mol. The number of hydrazone groups is 1. The lowest BCUT2D eigenvalue weighted by Gasteiger charge is -2.35. The lowest BCUT2D eigenvalue weighted by Crippen LogP contribution is -2.47. The Morgan fingerprint density at radius 1 is 1.28 bits per heavy atom. The molecule has 0 radical (unpaired) electrons. The Morgan fingerprint density at radius 3 is 2.56 bits per heavy atom. The van der Waals surface area contributed by atoms with Gasteiger partial charge in [-0.2, -0.15) is 5.10 Å². The Labute approximate surface area is 189 Å². The number of rotatable bonds is 7. The first-order chi connectivity index (χ1) is 15.1. The average molecular weight is 467 g/mol. The molecule has 2 heterocycles. The molecule has 0 aliphatic heterocycles. The lowest BCUT2D eigenvalue weighted by atomic mass is 9.89. The highest BCUT2D eigenvalue weighted by Gasteiger charge is 2.34. The highest BCUT2D eigenvalue weighted by molar-refractivity contribution is 7.20. The van der Waals surface area contributed by atoms with Gasteiger partial charge in [-0.1, -0.05) is 0 Å². The van der Waals surface area contributed by atoms with Crippen molar-refractivity contribution in [2.24, 2.45) is 5.10 Å². The minimum absolute atomic E-state index is 0.0552. The Kier molecular flexibility index (Phi) is 7.21. The minimum Gasteiger partial charge on any atom is -0.443 e. The van der Waals surface area contributed by atoms with Crippen molar-refractivity contribution in [3.63, 3.8) is 0 Å². The molecule has 11 heteroatoms. The number of ether oxygens (including phenoxy) is 3. The summed E-state index contributed by atoms with van der Waals surface area (Å²) in [4.78, 5) is 39.6. The Hall–Kier alpha value is -2.50. The van der Waals surface area contributed by atoms with Gasteiger partial charge >= 0.3 is 11.8 Å². The third-order valence-corrected chi connectivity index (χ3v) is 6.55. The predicted molar refractivity (Wildman–Crippen MR) is 123 cm³/mol. The summed E-state index contributed by atoms with van der Waals surface area (Å²) >= 11 is 1.27. The van der Waals surface area contributed by atoms with Crippen molar-refractivity contribution in [3.05, 3.63) is 31.3 Å². The molecule has 0 unspecified atom stereocenters. The van der Waals surface area contributed by atoms with Gasteiger partial charge in [-0.05, 0) is 46.1 Å². The number of aryl methyl sites for hydroxylation is 1. The highest BCUT2D eigenvalue weighted by Crippen LogP contribution is 2.33. The molecule has 176 valence electrons. The maximum absolute atomic E-state index is 13.3. The first kappa shape index (κ1) is 24.1. The SMILES string of the molecule is COCCn1c(=O)n(C2CC(OC)C2)c(=O)c2c(C)c(/C=N/NC(=O)OC(C)(C)C)sc21. The van der Waals surface area contributed by atoms with Gasteiger partial charge in [0.25, 0.3) is 5.56 Å². The van der Waals surface area contributed by atoms with E-state index in [2.05, 4.69) is 10.5 Å². The number of carbonyl (C=O) groups excluding carboxylic acids is 1. The van der Waals surface area contributed by atoms with Crippen molar-refractivity contribution in [1.82, 2.24) is 14.6 Å². The molecule has 1 fully saturated rings. The van der Waals surface area contributed by atoms with Gasteiger partial charge in [0.1, 0.15) is 10.4 Å². The fraction of sp³-hybridized carbons (Fsp3) is 0.619. The van der Waals surface area contributed by atoms with Crippen LogP contribution in [0, 0.1) is 6.92 Å². The summed E-state index contributed by atoms with van der Waals surface area (Å²) in [5, 5.41) is 4.43. The molecule has 1 aliphatic rings. The molecule has 1 N–H and O–H groups in total. The number of fused-ring (bicyclic) bond motifs is 1. The molecule has 0 bridgehead atoms. The topological polar surface area (TPSA) is 113 Å². The van der Waals surface area contributed by atoms with E-state index in [1.165, 1.54) is 22.1 Å². The van der Waals surface area contributed by atoms with Crippen LogP contribution < -0.4 is 16.7 Å². The zero-order chi connectivity index (χ0) is 23.6. The van der Waals surface area contributed by atoms with Gasteiger partial charge in [0, 0.05) is 20.3 Å². The van der Waals surface area contributed by atoms with Crippen LogP contribution in [0.15, 0.2) is 14.7 Å². The van der Waals surface area contributed by atoms with Gasteiger partial charge in [-0.15, -0.1) is 11.3 Å². The molecule has 1 aliphatic carbocycles. The fourth-order valence-corrected chi connectivity index (χ4v) is 4.78. The summed E-state index contributed by atoms with van der Waals surface area (Å²) in [5.74, 6) is 0. The summed E-state index contributed by atoms with van der Waals surface area (Å²) < 4.78 is 18.6. The molecule has 2 aromatic rings. The Balaban J connectivity index is 2.01. The van der Waals surface area contributed by atoms with Crippen LogP contribution in [0.5, 0.6) is 0 Å². The van der Waals surface area contributed by atoms with Gasteiger partial charge in [-0.25, -0.2) is 15.0 Å². The molecular formula is C21H30N4O6S. The molecule has 0 atom stereocenters. The van der Waals surface area contributed by atoms with Crippen LogP contribution in [0.4, 0.5) is 4.79 Å². The smallest absolute Gasteiger partial charge is 0.428 e. The van der Waals surface area contributed by atoms with Crippen LogP contribution >= 0.6 is 11.3 Å². The van der Waals surface area contributed by atoms with E-state index >= 15 is 0 Å². The predicted octanol–water partition coefficient (Wildman–Crippen LogP) is 2.39. The summed E-state index contributed by atoms with van der Waals surface area (Å²) in [5.41, 5.74) is 1.72. The van der Waals surface area contributed by atoms with E-state index in [1.54, 1.807) is 39.6 Å². The van der Waals surface area contributed by atoms with Crippen LogP contribution in [-0.4, -0.2) is 54.0 Å². The largest absolute Gasteiger partial charge is 0.443 e. The first-order valence-corrected chi connectivity index (χ1v) is 11.2. The van der Waals surface area contributed by atoms with E-state index in [0.29, 0.717) is 46.7 Å². The van der Waals surface area contributed by atoms with E-state index in [1.807, 2.05) is 6.92 Å². The third kappa shape index (κ3) is 4.94. The van der Waals surface area contributed by atoms with Crippen molar-refractivity contribution >= 4 is 33.9 Å². The summed E-state index contributed by atoms with van der Waals surface area (Å²) in [6, 6.07) is -0.191. The first-order valence-electron chi connectivity index (χ1n) is 10.4. The van der Waals surface area contributed by atoms with Gasteiger partial charge in [0.2, 0.25) is 0 Å². The number of nitrogens with zero attached hydrogens (tertiary/aromatic N) is 3. The summed E-state index contributed by atoms with van der Waals surface area (Å²) in [6.45, 7) is 7.73. The van der Waals surface area contributed by atoms with E-state index in [-0.39, 0.29) is 23.4 Å². The molecule has 32 heavy (non-hydrogen) atoms. The molecule has 2 aromatic heterocycles. The van der Waals surface area contributed by atoms with Crippen LogP contribution in [0.3, 0.4) is 0 Å². The van der Waals surface area contributed by atoms with E-state index in [0.717, 1.165) is 0 Å². The van der Waals surface area contributed by atoms with Gasteiger partial charge in [-0.3, -0.25) is 13.9 Å².